The van der Waals surface area contributed by atoms with E-state index in [-0.39, 0.29) is 10.6 Å². The quantitative estimate of drug-likeness (QED) is 0.729. The largest absolute Gasteiger partial charge is 0.497 e. The Hall–Kier alpha value is -1.32. The van der Waals surface area contributed by atoms with Gasteiger partial charge in [-0.2, -0.15) is 0 Å². The molecular weight excluding hydrogens is 293 g/mol. The summed E-state index contributed by atoms with van der Waals surface area (Å²) < 4.78 is 31.9. The highest BCUT2D eigenvalue weighted by Crippen LogP contribution is 2.33. The molecule has 0 spiro atoms. The normalized spacial score (nSPS) is 12.3. The van der Waals surface area contributed by atoms with Gasteiger partial charge in [-0.25, -0.2) is 8.78 Å². The van der Waals surface area contributed by atoms with Gasteiger partial charge < -0.3 is 4.74 Å². The monoisotopic (exact) mass is 302 g/mol. The molecule has 0 N–H and O–H groups in total. The van der Waals surface area contributed by atoms with Gasteiger partial charge in [0.25, 0.3) is 0 Å². The summed E-state index contributed by atoms with van der Waals surface area (Å²) in [5, 5.41) is -0.791. The van der Waals surface area contributed by atoms with E-state index in [9.17, 15) is 8.78 Å². The molecule has 0 amide bonds. The van der Waals surface area contributed by atoms with Crippen molar-refractivity contribution in [3.63, 3.8) is 0 Å². The molecule has 0 aliphatic heterocycles. The van der Waals surface area contributed by atoms with Gasteiger partial charge in [0, 0.05) is 11.6 Å². The Morgan fingerprint density at radius 2 is 1.79 bits per heavy atom. The fraction of sp³-hybridized carbons (Fsp3) is 0.143. The maximum atomic E-state index is 13.9. The highest BCUT2D eigenvalue weighted by Gasteiger charge is 2.17. The second-order valence-electron chi connectivity index (χ2n) is 3.92. The Labute approximate surface area is 119 Å². The lowest BCUT2D eigenvalue weighted by Crippen LogP contribution is -1.98. The summed E-state index contributed by atoms with van der Waals surface area (Å²) in [5.41, 5.74) is 0.808. The molecule has 0 aromatic heterocycles. The van der Waals surface area contributed by atoms with Gasteiger partial charge in [-0.1, -0.05) is 23.7 Å². The third-order valence-electron chi connectivity index (χ3n) is 2.72. The zero-order valence-electron chi connectivity index (χ0n) is 9.96. The van der Waals surface area contributed by atoms with Crippen LogP contribution in [-0.2, 0) is 0 Å². The number of alkyl halides is 1. The highest BCUT2D eigenvalue weighted by molar-refractivity contribution is 6.31. The molecule has 5 heteroatoms. The first kappa shape index (κ1) is 14.1. The van der Waals surface area contributed by atoms with Crippen LogP contribution in [0.4, 0.5) is 8.78 Å². The third-order valence-corrected chi connectivity index (χ3v) is 3.49. The van der Waals surface area contributed by atoms with Crippen LogP contribution in [0.15, 0.2) is 36.4 Å². The average molecular weight is 303 g/mol. The van der Waals surface area contributed by atoms with Crippen LogP contribution in [0.3, 0.4) is 0 Å². The Balaban J connectivity index is 2.38. The molecule has 2 aromatic carbocycles. The molecule has 0 saturated heterocycles. The number of methoxy groups -OCH3 is 1. The van der Waals surface area contributed by atoms with E-state index in [1.807, 2.05) is 0 Å². The molecule has 100 valence electrons. The minimum Gasteiger partial charge on any atom is -0.497 e. The number of rotatable bonds is 3. The van der Waals surface area contributed by atoms with Crippen molar-refractivity contribution in [2.24, 2.45) is 0 Å². The van der Waals surface area contributed by atoms with Crippen LogP contribution >= 0.6 is 23.2 Å². The molecule has 2 aromatic rings. The van der Waals surface area contributed by atoms with Crippen LogP contribution in [0.2, 0.25) is 5.02 Å². The maximum Gasteiger partial charge on any atom is 0.141 e. The van der Waals surface area contributed by atoms with E-state index < -0.39 is 17.0 Å². The Morgan fingerprint density at radius 3 is 2.37 bits per heavy atom. The van der Waals surface area contributed by atoms with Gasteiger partial charge in [0.15, 0.2) is 0 Å². The Morgan fingerprint density at radius 1 is 1.05 bits per heavy atom. The summed E-state index contributed by atoms with van der Waals surface area (Å²) >= 11 is 11.9. The van der Waals surface area contributed by atoms with Gasteiger partial charge in [0.05, 0.1) is 17.5 Å². The summed E-state index contributed by atoms with van der Waals surface area (Å²) in [6, 6.07) is 8.45. The standard InChI is InChI=1S/C14H10Cl2F2O/c1-19-9-3-4-10(13(18)7-9)14(16)8-2-5-12(17)11(15)6-8/h2-7,14H,1H3. The molecule has 1 nitrogen and oxygen atoms in total. The van der Waals surface area contributed by atoms with Crippen molar-refractivity contribution >= 4 is 23.2 Å². The van der Waals surface area contributed by atoms with Crippen molar-refractivity contribution in [2.75, 3.05) is 7.11 Å². The molecule has 0 radical (unpaired) electrons. The fourth-order valence-corrected chi connectivity index (χ4v) is 2.19. The van der Waals surface area contributed by atoms with Crippen molar-refractivity contribution < 1.29 is 13.5 Å². The fourth-order valence-electron chi connectivity index (χ4n) is 1.69. The third kappa shape index (κ3) is 2.99. The van der Waals surface area contributed by atoms with Gasteiger partial charge in [0.2, 0.25) is 0 Å². The first-order valence-electron chi connectivity index (χ1n) is 5.45. The lowest BCUT2D eigenvalue weighted by molar-refractivity contribution is 0.410. The van der Waals surface area contributed by atoms with E-state index in [1.165, 1.54) is 37.4 Å². The predicted octanol–water partition coefficient (Wildman–Crippen LogP) is 4.96. The van der Waals surface area contributed by atoms with E-state index >= 15 is 0 Å². The smallest absolute Gasteiger partial charge is 0.141 e. The summed E-state index contributed by atoms with van der Waals surface area (Å²) in [7, 11) is 1.45. The molecule has 0 bridgehead atoms. The number of hydrogen-bond donors (Lipinski definition) is 0. The summed E-state index contributed by atoms with van der Waals surface area (Å²) in [4.78, 5) is 0. The van der Waals surface area contributed by atoms with Crippen LogP contribution in [0, 0.1) is 11.6 Å². The van der Waals surface area contributed by atoms with E-state index in [1.54, 1.807) is 6.07 Å². The number of benzene rings is 2. The van der Waals surface area contributed by atoms with Crippen LogP contribution in [0.5, 0.6) is 5.75 Å². The van der Waals surface area contributed by atoms with Crippen molar-refractivity contribution in [2.45, 2.75) is 5.38 Å². The van der Waals surface area contributed by atoms with E-state index in [0.29, 0.717) is 11.3 Å². The lowest BCUT2D eigenvalue weighted by Gasteiger charge is -2.13. The van der Waals surface area contributed by atoms with Crippen molar-refractivity contribution in [1.29, 1.82) is 0 Å². The van der Waals surface area contributed by atoms with Crippen LogP contribution < -0.4 is 4.74 Å². The zero-order valence-corrected chi connectivity index (χ0v) is 11.5. The summed E-state index contributed by atoms with van der Waals surface area (Å²) in [6.45, 7) is 0. The topological polar surface area (TPSA) is 9.23 Å². The molecule has 0 fully saturated rings. The highest BCUT2D eigenvalue weighted by atomic mass is 35.5. The lowest BCUT2D eigenvalue weighted by atomic mass is 10.0. The maximum absolute atomic E-state index is 13.9. The SMILES string of the molecule is COc1ccc(C(Cl)c2ccc(F)c(Cl)c2)c(F)c1. The van der Waals surface area contributed by atoms with E-state index in [2.05, 4.69) is 0 Å². The first-order valence-corrected chi connectivity index (χ1v) is 6.27. The zero-order chi connectivity index (χ0) is 14.0. The molecule has 0 heterocycles. The second-order valence-corrected chi connectivity index (χ2v) is 4.77. The molecule has 19 heavy (non-hydrogen) atoms. The number of ether oxygens (including phenoxy) is 1. The average Bonchev–Trinajstić information content (AvgIpc) is 2.41. The van der Waals surface area contributed by atoms with Crippen LogP contribution in [-0.4, -0.2) is 7.11 Å². The minimum absolute atomic E-state index is 0.0444. The minimum atomic E-state index is -0.746. The Bertz CT molecular complexity index is 602. The van der Waals surface area contributed by atoms with Gasteiger partial charge >= 0.3 is 0 Å². The molecule has 0 saturated carbocycles. The Kier molecular flexibility index (Phi) is 4.27. The molecule has 1 atom stereocenters. The predicted molar refractivity (Wildman–Crippen MR) is 72.1 cm³/mol. The summed E-state index contributed by atoms with van der Waals surface area (Å²) in [6.07, 6.45) is 0. The van der Waals surface area contributed by atoms with E-state index in [0.717, 1.165) is 0 Å². The van der Waals surface area contributed by atoms with Crippen LogP contribution in [0.1, 0.15) is 16.5 Å². The van der Waals surface area contributed by atoms with Gasteiger partial charge in [-0.15, -0.1) is 11.6 Å². The molecule has 0 aliphatic carbocycles. The number of hydrogen-bond acceptors (Lipinski definition) is 1. The second kappa shape index (κ2) is 5.76. The van der Waals surface area contributed by atoms with Crippen molar-refractivity contribution in [1.82, 2.24) is 0 Å². The van der Waals surface area contributed by atoms with Gasteiger partial charge in [0.1, 0.15) is 17.4 Å². The van der Waals surface area contributed by atoms with Crippen LogP contribution in [0.25, 0.3) is 0 Å². The van der Waals surface area contributed by atoms with E-state index in [4.69, 9.17) is 27.9 Å². The first-order chi connectivity index (χ1) is 9.02. The number of halogens is 4. The molecule has 2 rings (SSSR count). The molecule has 0 aliphatic rings. The van der Waals surface area contributed by atoms with Crippen molar-refractivity contribution in [3.05, 3.63) is 64.2 Å². The molecule has 1 unspecified atom stereocenters. The van der Waals surface area contributed by atoms with Gasteiger partial charge in [-0.05, 0) is 23.8 Å². The van der Waals surface area contributed by atoms with Crippen molar-refractivity contribution in [3.8, 4) is 5.75 Å². The summed E-state index contributed by atoms with van der Waals surface area (Å²) in [5.74, 6) is -0.619. The van der Waals surface area contributed by atoms with Gasteiger partial charge in [-0.3, -0.25) is 0 Å². The molecular formula is C14H10Cl2F2O.